The molecule has 0 unspecified atom stereocenters. The Morgan fingerprint density at radius 3 is 2.38 bits per heavy atom. The van der Waals surface area contributed by atoms with Crippen LogP contribution in [0.4, 0.5) is 5.95 Å². The van der Waals surface area contributed by atoms with Gasteiger partial charge in [-0.1, -0.05) is 48.0 Å². The third-order valence-electron chi connectivity index (χ3n) is 4.30. The summed E-state index contributed by atoms with van der Waals surface area (Å²) in [5.74, 6) is 0.755. The molecule has 126 valence electrons. The summed E-state index contributed by atoms with van der Waals surface area (Å²) in [5.41, 5.74) is 11.2. The second kappa shape index (κ2) is 5.97. The van der Waals surface area contributed by atoms with Gasteiger partial charge in [0, 0.05) is 5.56 Å². The van der Waals surface area contributed by atoms with Crippen molar-refractivity contribution in [3.8, 4) is 23.1 Å². The molecule has 4 rings (SSSR count). The standard InChI is InChI=1S/C20H16N6/c1-12-7-9-14(10-8-12)18-23-15(11-21)17-19(25-18)26(20(22)24-17)16-6-4-3-5-13(16)2/h3-10H,1-2H3,(H2,22,24). The number of benzene rings is 2. The zero-order chi connectivity index (χ0) is 18.3. The Morgan fingerprint density at radius 2 is 1.69 bits per heavy atom. The molecule has 0 atom stereocenters. The SMILES string of the molecule is Cc1ccc(-c2nc(C#N)c3nc(N)n(-c4ccccc4C)c3n2)cc1. The zero-order valence-corrected chi connectivity index (χ0v) is 14.4. The first-order valence-corrected chi connectivity index (χ1v) is 8.17. The number of rotatable bonds is 2. The Hall–Kier alpha value is -3.72. The van der Waals surface area contributed by atoms with Crippen molar-refractivity contribution in [2.75, 3.05) is 5.73 Å². The van der Waals surface area contributed by atoms with Gasteiger partial charge < -0.3 is 5.73 Å². The van der Waals surface area contributed by atoms with Crippen molar-refractivity contribution in [2.24, 2.45) is 0 Å². The fourth-order valence-electron chi connectivity index (χ4n) is 2.94. The highest BCUT2D eigenvalue weighted by Gasteiger charge is 2.19. The van der Waals surface area contributed by atoms with Crippen LogP contribution in [0.5, 0.6) is 0 Å². The molecule has 0 radical (unpaired) electrons. The molecular formula is C20H16N6. The quantitative estimate of drug-likeness (QED) is 0.602. The van der Waals surface area contributed by atoms with Crippen LogP contribution in [0.2, 0.25) is 0 Å². The minimum atomic E-state index is 0.213. The molecule has 0 saturated heterocycles. The molecule has 0 fully saturated rings. The van der Waals surface area contributed by atoms with Gasteiger partial charge >= 0.3 is 0 Å². The predicted octanol–water partition coefficient (Wildman–Crippen LogP) is 3.55. The number of anilines is 1. The van der Waals surface area contributed by atoms with Gasteiger partial charge in [-0.05, 0) is 25.5 Å². The number of nitrogens with two attached hydrogens (primary N) is 1. The molecule has 2 heterocycles. The molecule has 2 N–H and O–H groups in total. The Balaban J connectivity index is 2.04. The van der Waals surface area contributed by atoms with Crippen LogP contribution >= 0.6 is 0 Å². The van der Waals surface area contributed by atoms with Crippen LogP contribution in [0.15, 0.2) is 48.5 Å². The van der Waals surface area contributed by atoms with Crippen LogP contribution in [0.25, 0.3) is 28.2 Å². The summed E-state index contributed by atoms with van der Waals surface area (Å²) in [6.07, 6.45) is 0. The van der Waals surface area contributed by atoms with Crippen molar-refractivity contribution in [1.82, 2.24) is 19.5 Å². The second-order valence-corrected chi connectivity index (χ2v) is 6.14. The number of para-hydroxylation sites is 1. The number of hydrogen-bond donors (Lipinski definition) is 1. The van der Waals surface area contributed by atoms with E-state index >= 15 is 0 Å². The van der Waals surface area contributed by atoms with E-state index in [2.05, 4.69) is 21.0 Å². The maximum Gasteiger partial charge on any atom is 0.207 e. The van der Waals surface area contributed by atoms with Crippen LogP contribution in [0.1, 0.15) is 16.8 Å². The Bertz CT molecular complexity index is 1170. The Labute approximate surface area is 150 Å². The molecule has 0 aliphatic rings. The van der Waals surface area contributed by atoms with Crippen molar-refractivity contribution in [3.63, 3.8) is 0 Å². The molecule has 2 aromatic heterocycles. The van der Waals surface area contributed by atoms with Crippen LogP contribution in [-0.4, -0.2) is 19.5 Å². The molecule has 0 saturated carbocycles. The van der Waals surface area contributed by atoms with Gasteiger partial charge in [0.2, 0.25) is 5.95 Å². The van der Waals surface area contributed by atoms with Crippen molar-refractivity contribution in [3.05, 3.63) is 65.4 Å². The Kier molecular flexibility index (Phi) is 3.63. The highest BCUT2D eigenvalue weighted by Crippen LogP contribution is 2.27. The first kappa shape index (κ1) is 15.8. The summed E-state index contributed by atoms with van der Waals surface area (Å²) in [4.78, 5) is 13.4. The van der Waals surface area contributed by atoms with Gasteiger partial charge in [0.05, 0.1) is 5.69 Å². The number of nitriles is 1. The monoisotopic (exact) mass is 340 g/mol. The van der Waals surface area contributed by atoms with Gasteiger partial charge in [0.25, 0.3) is 0 Å². The van der Waals surface area contributed by atoms with Gasteiger partial charge in [-0.15, -0.1) is 0 Å². The summed E-state index contributed by atoms with van der Waals surface area (Å²) >= 11 is 0. The predicted molar refractivity (Wildman–Crippen MR) is 101 cm³/mol. The smallest absolute Gasteiger partial charge is 0.207 e. The van der Waals surface area contributed by atoms with Crippen molar-refractivity contribution in [2.45, 2.75) is 13.8 Å². The molecule has 0 bridgehead atoms. The van der Waals surface area contributed by atoms with Crippen molar-refractivity contribution >= 4 is 17.1 Å². The largest absolute Gasteiger partial charge is 0.369 e. The average Bonchev–Trinajstić information content (AvgIpc) is 2.98. The van der Waals surface area contributed by atoms with E-state index in [0.29, 0.717) is 17.0 Å². The molecule has 0 aliphatic carbocycles. The van der Waals surface area contributed by atoms with E-state index < -0.39 is 0 Å². The third kappa shape index (κ3) is 2.47. The lowest BCUT2D eigenvalue weighted by atomic mass is 10.1. The molecule has 6 nitrogen and oxygen atoms in total. The molecule has 0 spiro atoms. The molecule has 0 aliphatic heterocycles. The van der Waals surface area contributed by atoms with Gasteiger partial charge in [-0.3, -0.25) is 4.57 Å². The highest BCUT2D eigenvalue weighted by molar-refractivity contribution is 5.83. The Morgan fingerprint density at radius 1 is 0.962 bits per heavy atom. The summed E-state index contributed by atoms with van der Waals surface area (Å²) in [7, 11) is 0. The third-order valence-corrected chi connectivity index (χ3v) is 4.30. The molecule has 26 heavy (non-hydrogen) atoms. The molecule has 4 aromatic rings. The minimum absolute atomic E-state index is 0.213. The second-order valence-electron chi connectivity index (χ2n) is 6.14. The van der Waals surface area contributed by atoms with E-state index in [1.165, 1.54) is 0 Å². The number of imidazole rings is 1. The number of hydrogen-bond acceptors (Lipinski definition) is 5. The van der Waals surface area contributed by atoms with Crippen LogP contribution in [-0.2, 0) is 0 Å². The lowest BCUT2D eigenvalue weighted by molar-refractivity contribution is 1.06. The van der Waals surface area contributed by atoms with Gasteiger partial charge in [0.1, 0.15) is 11.6 Å². The topological polar surface area (TPSA) is 93.4 Å². The fraction of sp³-hybridized carbons (Fsp3) is 0.100. The van der Waals surface area contributed by atoms with Gasteiger partial charge in [-0.25, -0.2) is 15.0 Å². The first-order chi connectivity index (χ1) is 12.6. The minimum Gasteiger partial charge on any atom is -0.369 e. The summed E-state index contributed by atoms with van der Waals surface area (Å²) < 4.78 is 1.77. The van der Waals surface area contributed by atoms with E-state index in [1.54, 1.807) is 4.57 Å². The fourth-order valence-corrected chi connectivity index (χ4v) is 2.94. The lowest BCUT2D eigenvalue weighted by Gasteiger charge is -2.09. The average molecular weight is 340 g/mol. The maximum atomic E-state index is 9.55. The van der Waals surface area contributed by atoms with Crippen LogP contribution in [0, 0.1) is 25.2 Å². The molecule has 2 aromatic carbocycles. The number of fused-ring (bicyclic) bond motifs is 1. The molecular weight excluding hydrogens is 324 g/mol. The van der Waals surface area contributed by atoms with Crippen LogP contribution < -0.4 is 5.73 Å². The summed E-state index contributed by atoms with van der Waals surface area (Å²) in [6.45, 7) is 4.01. The van der Waals surface area contributed by atoms with E-state index in [0.717, 1.165) is 22.4 Å². The summed E-state index contributed by atoms with van der Waals surface area (Å²) in [5, 5.41) is 9.55. The van der Waals surface area contributed by atoms with E-state index in [9.17, 15) is 5.26 Å². The van der Waals surface area contributed by atoms with Crippen LogP contribution in [0.3, 0.4) is 0 Å². The van der Waals surface area contributed by atoms with Crippen molar-refractivity contribution in [1.29, 1.82) is 5.26 Å². The maximum absolute atomic E-state index is 9.55. The number of nitrogens with zero attached hydrogens (tertiary/aromatic N) is 5. The van der Waals surface area contributed by atoms with Crippen molar-refractivity contribution < 1.29 is 0 Å². The summed E-state index contributed by atoms with van der Waals surface area (Å²) in [6, 6.07) is 17.8. The van der Waals surface area contributed by atoms with Gasteiger partial charge in [0.15, 0.2) is 17.2 Å². The highest BCUT2D eigenvalue weighted by atomic mass is 15.2. The van der Waals surface area contributed by atoms with Gasteiger partial charge in [-0.2, -0.15) is 5.26 Å². The number of aryl methyl sites for hydroxylation is 2. The van der Waals surface area contributed by atoms with E-state index in [4.69, 9.17) is 5.73 Å². The molecule has 0 amide bonds. The first-order valence-electron chi connectivity index (χ1n) is 8.17. The van der Waals surface area contributed by atoms with E-state index in [-0.39, 0.29) is 11.6 Å². The number of nitrogen functional groups attached to an aromatic ring is 1. The normalized spacial score (nSPS) is 10.8. The molecule has 6 heteroatoms. The lowest BCUT2D eigenvalue weighted by Crippen LogP contribution is -2.04. The zero-order valence-electron chi connectivity index (χ0n) is 14.4. The van der Waals surface area contributed by atoms with E-state index in [1.807, 2.05) is 62.4 Å². The number of aromatic nitrogens is 4.